The molecule has 1 aromatic heterocycles. The molecule has 2 atom stereocenters. The van der Waals surface area contributed by atoms with Crippen LogP contribution >= 0.6 is 0 Å². The number of urea groups is 1. The number of hydrogen-bond donors (Lipinski definition) is 3. The number of para-hydroxylation sites is 1. The number of rotatable bonds is 5. The quantitative estimate of drug-likeness (QED) is 0.795. The van der Waals surface area contributed by atoms with Crippen LogP contribution in [0.25, 0.3) is 11.0 Å². The maximum atomic E-state index is 12.2. The number of aliphatic hydroxyl groups excluding tert-OH is 1. The highest BCUT2D eigenvalue weighted by atomic mass is 16.3. The second-order valence-electron chi connectivity index (χ2n) is 6.36. The summed E-state index contributed by atoms with van der Waals surface area (Å²) in [6, 6.07) is 9.17. The number of aliphatic hydroxyl groups is 1. The van der Waals surface area contributed by atoms with E-state index in [4.69, 9.17) is 4.42 Å². The lowest BCUT2D eigenvalue weighted by molar-refractivity contribution is 0.154. The number of benzene rings is 1. The fourth-order valence-electron chi connectivity index (χ4n) is 2.77. The Labute approximate surface area is 129 Å². The van der Waals surface area contributed by atoms with Gasteiger partial charge in [-0.25, -0.2) is 4.79 Å². The van der Waals surface area contributed by atoms with E-state index in [1.807, 2.05) is 44.2 Å². The van der Waals surface area contributed by atoms with Gasteiger partial charge >= 0.3 is 6.03 Å². The Morgan fingerprint density at radius 2 is 2.18 bits per heavy atom. The first kappa shape index (κ1) is 14.9. The van der Waals surface area contributed by atoms with Gasteiger partial charge in [0.1, 0.15) is 11.3 Å². The maximum absolute atomic E-state index is 12.2. The molecule has 0 radical (unpaired) electrons. The standard InChI is InChI=1S/C17H22N2O3/c1-11(15-9-12-5-3-4-6-14(12)22-15)18-16(21)19-17(2,10-20)13-7-8-13/h3-6,9,11,13,20H,7-8,10H2,1-2H3,(H2,18,19,21). The Morgan fingerprint density at radius 3 is 2.82 bits per heavy atom. The number of amides is 2. The van der Waals surface area contributed by atoms with E-state index in [9.17, 15) is 9.90 Å². The minimum atomic E-state index is -0.544. The lowest BCUT2D eigenvalue weighted by atomic mass is 9.97. The number of carbonyl (C=O) groups excluding carboxylic acids is 1. The predicted octanol–water partition coefficient (Wildman–Crippen LogP) is 2.95. The molecule has 1 aliphatic carbocycles. The molecule has 118 valence electrons. The van der Waals surface area contributed by atoms with Crippen LogP contribution in [0.2, 0.25) is 0 Å². The van der Waals surface area contributed by atoms with Gasteiger partial charge in [0, 0.05) is 5.39 Å². The summed E-state index contributed by atoms with van der Waals surface area (Å²) >= 11 is 0. The van der Waals surface area contributed by atoms with E-state index >= 15 is 0 Å². The van der Waals surface area contributed by atoms with Crippen LogP contribution in [0.4, 0.5) is 4.79 Å². The minimum absolute atomic E-state index is 0.0515. The fourth-order valence-corrected chi connectivity index (χ4v) is 2.77. The molecule has 2 aromatic rings. The fraction of sp³-hybridized carbons (Fsp3) is 0.471. The van der Waals surface area contributed by atoms with Gasteiger partial charge in [0.15, 0.2) is 0 Å². The third kappa shape index (κ3) is 2.95. The molecule has 1 aromatic carbocycles. The second kappa shape index (κ2) is 5.65. The highest BCUT2D eigenvalue weighted by molar-refractivity contribution is 5.78. The van der Waals surface area contributed by atoms with Crippen LogP contribution in [0.3, 0.4) is 0 Å². The van der Waals surface area contributed by atoms with Gasteiger partial charge < -0.3 is 20.2 Å². The zero-order valence-corrected chi connectivity index (χ0v) is 12.9. The van der Waals surface area contributed by atoms with Crippen molar-refractivity contribution >= 4 is 17.0 Å². The average molecular weight is 302 g/mol. The van der Waals surface area contributed by atoms with Crippen LogP contribution in [0.1, 0.15) is 38.5 Å². The molecule has 5 heteroatoms. The van der Waals surface area contributed by atoms with E-state index in [1.165, 1.54) is 0 Å². The van der Waals surface area contributed by atoms with E-state index < -0.39 is 5.54 Å². The number of furan rings is 1. The topological polar surface area (TPSA) is 74.5 Å². The van der Waals surface area contributed by atoms with Gasteiger partial charge in [-0.15, -0.1) is 0 Å². The minimum Gasteiger partial charge on any atom is -0.459 e. The second-order valence-corrected chi connectivity index (χ2v) is 6.36. The van der Waals surface area contributed by atoms with Gasteiger partial charge in [-0.05, 0) is 44.7 Å². The van der Waals surface area contributed by atoms with E-state index in [-0.39, 0.29) is 18.7 Å². The molecule has 0 aliphatic heterocycles. The molecule has 3 N–H and O–H groups in total. The van der Waals surface area contributed by atoms with Crippen molar-refractivity contribution in [3.8, 4) is 0 Å². The smallest absolute Gasteiger partial charge is 0.315 e. The average Bonchev–Trinajstić information content (AvgIpc) is 3.26. The molecule has 1 saturated carbocycles. The molecule has 2 amide bonds. The van der Waals surface area contributed by atoms with Crippen molar-refractivity contribution in [1.29, 1.82) is 0 Å². The molecule has 0 saturated heterocycles. The molecular formula is C17H22N2O3. The number of carbonyl (C=O) groups is 1. The molecule has 3 rings (SSSR count). The Bertz CT molecular complexity index is 644. The van der Waals surface area contributed by atoms with Crippen molar-refractivity contribution in [1.82, 2.24) is 10.6 Å². The van der Waals surface area contributed by atoms with E-state index in [1.54, 1.807) is 0 Å². The number of hydrogen-bond acceptors (Lipinski definition) is 3. The van der Waals surface area contributed by atoms with Crippen molar-refractivity contribution < 1.29 is 14.3 Å². The summed E-state index contributed by atoms with van der Waals surface area (Å²) in [4.78, 5) is 12.2. The number of nitrogens with one attached hydrogen (secondary N) is 2. The van der Waals surface area contributed by atoms with Crippen LogP contribution in [0.5, 0.6) is 0 Å². The lowest BCUT2D eigenvalue weighted by Crippen LogP contribution is -2.54. The first-order valence-electron chi connectivity index (χ1n) is 7.70. The van der Waals surface area contributed by atoms with Crippen molar-refractivity contribution in [2.24, 2.45) is 5.92 Å². The summed E-state index contributed by atoms with van der Waals surface area (Å²) in [6.45, 7) is 3.71. The molecule has 2 unspecified atom stereocenters. The van der Waals surface area contributed by atoms with E-state index in [2.05, 4.69) is 10.6 Å². The summed E-state index contributed by atoms with van der Waals surface area (Å²) in [5.74, 6) is 1.08. The Kier molecular flexibility index (Phi) is 3.83. The monoisotopic (exact) mass is 302 g/mol. The first-order chi connectivity index (χ1) is 10.5. The summed E-state index contributed by atoms with van der Waals surface area (Å²) in [5.41, 5.74) is 0.266. The zero-order chi connectivity index (χ0) is 15.7. The largest absolute Gasteiger partial charge is 0.459 e. The first-order valence-corrected chi connectivity index (χ1v) is 7.70. The van der Waals surface area contributed by atoms with Gasteiger partial charge in [-0.3, -0.25) is 0 Å². The molecular weight excluding hydrogens is 280 g/mol. The normalized spacial score (nSPS) is 18.7. The highest BCUT2D eigenvalue weighted by Crippen LogP contribution is 2.39. The van der Waals surface area contributed by atoms with Gasteiger partial charge in [0.25, 0.3) is 0 Å². The Balaban J connectivity index is 1.65. The number of fused-ring (bicyclic) bond motifs is 1. The van der Waals surface area contributed by atoms with Crippen LogP contribution in [-0.2, 0) is 0 Å². The van der Waals surface area contributed by atoms with Gasteiger partial charge in [0.05, 0.1) is 18.2 Å². The summed E-state index contributed by atoms with van der Waals surface area (Å²) in [6.07, 6.45) is 2.10. The Morgan fingerprint density at radius 1 is 1.45 bits per heavy atom. The zero-order valence-electron chi connectivity index (χ0n) is 12.9. The van der Waals surface area contributed by atoms with Gasteiger partial charge in [-0.1, -0.05) is 18.2 Å². The lowest BCUT2D eigenvalue weighted by Gasteiger charge is -2.29. The van der Waals surface area contributed by atoms with Crippen molar-refractivity contribution in [3.63, 3.8) is 0 Å². The van der Waals surface area contributed by atoms with E-state index in [0.717, 1.165) is 23.8 Å². The van der Waals surface area contributed by atoms with Gasteiger partial charge in [0.2, 0.25) is 0 Å². The Hall–Kier alpha value is -2.01. The summed E-state index contributed by atoms with van der Waals surface area (Å²) in [7, 11) is 0. The summed E-state index contributed by atoms with van der Waals surface area (Å²) < 4.78 is 5.76. The molecule has 22 heavy (non-hydrogen) atoms. The van der Waals surface area contributed by atoms with Crippen molar-refractivity contribution in [2.75, 3.05) is 6.61 Å². The SMILES string of the molecule is CC(NC(=O)NC(C)(CO)C1CC1)c1cc2ccccc2o1. The van der Waals surface area contributed by atoms with E-state index in [0.29, 0.717) is 11.7 Å². The van der Waals surface area contributed by atoms with Crippen LogP contribution in [0.15, 0.2) is 34.7 Å². The molecule has 1 heterocycles. The highest BCUT2D eigenvalue weighted by Gasteiger charge is 2.42. The van der Waals surface area contributed by atoms with Crippen molar-refractivity contribution in [3.05, 3.63) is 36.1 Å². The van der Waals surface area contributed by atoms with Crippen LogP contribution in [0, 0.1) is 5.92 Å². The van der Waals surface area contributed by atoms with Gasteiger partial charge in [-0.2, -0.15) is 0 Å². The molecule has 0 bridgehead atoms. The summed E-state index contributed by atoms with van der Waals surface area (Å²) in [5, 5.41) is 16.3. The molecule has 0 spiro atoms. The molecule has 1 aliphatic rings. The van der Waals surface area contributed by atoms with Crippen LogP contribution in [-0.4, -0.2) is 23.3 Å². The maximum Gasteiger partial charge on any atom is 0.315 e. The molecule has 5 nitrogen and oxygen atoms in total. The van der Waals surface area contributed by atoms with Crippen molar-refractivity contribution in [2.45, 2.75) is 38.3 Å². The predicted molar refractivity (Wildman–Crippen MR) is 84.5 cm³/mol. The van der Waals surface area contributed by atoms with Crippen LogP contribution < -0.4 is 10.6 Å². The third-order valence-electron chi connectivity index (χ3n) is 4.42. The third-order valence-corrected chi connectivity index (χ3v) is 4.42. The molecule has 1 fully saturated rings.